The molecule has 0 saturated carbocycles. The molecule has 0 radical (unpaired) electrons. The first-order valence-electron chi connectivity index (χ1n) is 8.30. The van der Waals surface area contributed by atoms with Gasteiger partial charge in [0.15, 0.2) is 6.17 Å². The topological polar surface area (TPSA) is 38.8 Å². The van der Waals surface area contributed by atoms with Gasteiger partial charge in [-0.3, -0.25) is 4.79 Å². The minimum Gasteiger partial charge on any atom is -0.496 e. The lowest BCUT2D eigenvalue weighted by Gasteiger charge is -2.26. The predicted molar refractivity (Wildman–Crippen MR) is 88.9 cm³/mol. The Hall–Kier alpha value is -2.84. The van der Waals surface area contributed by atoms with Crippen molar-refractivity contribution in [3.05, 3.63) is 59.4 Å². The van der Waals surface area contributed by atoms with Crippen LogP contribution in [0.4, 0.5) is 22.0 Å². The van der Waals surface area contributed by atoms with Gasteiger partial charge in [0, 0.05) is 24.6 Å². The summed E-state index contributed by atoms with van der Waals surface area (Å²) in [4.78, 5) is 13.5. The number of alkyl halides is 4. The quantitative estimate of drug-likeness (QED) is 0.691. The standard InChI is InChI=1S/C19H16F5NO3/c1-27-17-8-12(20)4-7-14(17)16-9-15(21)18(26)25(16)10-11-2-5-13(6-3-11)28-19(22,23)24/h2-8,15-16H,9-10H2,1H3. The normalized spacial score (nSPS) is 19.8. The van der Waals surface area contributed by atoms with Crippen LogP contribution in [0.15, 0.2) is 42.5 Å². The third-order valence-corrected chi connectivity index (χ3v) is 4.42. The molecule has 0 bridgehead atoms. The highest BCUT2D eigenvalue weighted by Gasteiger charge is 2.41. The van der Waals surface area contributed by atoms with Crippen LogP contribution in [0.5, 0.6) is 11.5 Å². The van der Waals surface area contributed by atoms with E-state index >= 15 is 0 Å². The first-order valence-corrected chi connectivity index (χ1v) is 8.30. The largest absolute Gasteiger partial charge is 0.573 e. The summed E-state index contributed by atoms with van der Waals surface area (Å²) < 4.78 is 73.3. The molecule has 1 aliphatic rings. The van der Waals surface area contributed by atoms with Crippen LogP contribution in [0, 0.1) is 5.82 Å². The Kier molecular flexibility index (Phi) is 5.44. The van der Waals surface area contributed by atoms with E-state index in [2.05, 4.69) is 4.74 Å². The number of benzene rings is 2. The molecule has 0 N–H and O–H groups in total. The number of halogens is 5. The second kappa shape index (κ2) is 7.65. The van der Waals surface area contributed by atoms with Crippen LogP contribution >= 0.6 is 0 Å². The van der Waals surface area contributed by atoms with Gasteiger partial charge in [-0.15, -0.1) is 13.2 Å². The van der Waals surface area contributed by atoms with E-state index in [1.807, 2.05) is 0 Å². The number of ether oxygens (including phenoxy) is 2. The van der Waals surface area contributed by atoms with Crippen LogP contribution in [0.3, 0.4) is 0 Å². The summed E-state index contributed by atoms with van der Waals surface area (Å²) in [6.07, 6.45) is -6.67. The van der Waals surface area contributed by atoms with Crippen LogP contribution in [-0.2, 0) is 11.3 Å². The minimum absolute atomic E-state index is 0.0310. The van der Waals surface area contributed by atoms with Crippen LogP contribution in [0.25, 0.3) is 0 Å². The molecule has 1 amide bonds. The number of nitrogens with zero attached hydrogens (tertiary/aromatic N) is 1. The van der Waals surface area contributed by atoms with Gasteiger partial charge in [0.1, 0.15) is 17.3 Å². The molecule has 0 spiro atoms. The maximum atomic E-state index is 14.1. The number of hydrogen-bond donors (Lipinski definition) is 0. The zero-order chi connectivity index (χ0) is 20.5. The van der Waals surface area contributed by atoms with Crippen molar-refractivity contribution in [2.75, 3.05) is 7.11 Å². The van der Waals surface area contributed by atoms with Crippen LogP contribution < -0.4 is 9.47 Å². The van der Waals surface area contributed by atoms with Crippen LogP contribution in [0.2, 0.25) is 0 Å². The Bertz CT molecular complexity index is 854. The first-order chi connectivity index (χ1) is 13.2. The van der Waals surface area contributed by atoms with Crippen molar-refractivity contribution in [3.63, 3.8) is 0 Å². The maximum Gasteiger partial charge on any atom is 0.573 e. The Morgan fingerprint density at radius 1 is 1.14 bits per heavy atom. The third-order valence-electron chi connectivity index (χ3n) is 4.42. The Morgan fingerprint density at radius 3 is 2.43 bits per heavy atom. The van der Waals surface area contributed by atoms with E-state index in [4.69, 9.17) is 4.74 Å². The molecule has 2 atom stereocenters. The molecular formula is C19H16F5NO3. The second-order valence-electron chi connectivity index (χ2n) is 6.26. The van der Waals surface area contributed by atoms with Crippen molar-refractivity contribution in [1.82, 2.24) is 4.90 Å². The molecule has 1 saturated heterocycles. The lowest BCUT2D eigenvalue weighted by atomic mass is 10.0. The van der Waals surface area contributed by atoms with E-state index in [0.29, 0.717) is 11.1 Å². The monoisotopic (exact) mass is 401 g/mol. The molecule has 150 valence electrons. The van der Waals surface area contributed by atoms with E-state index in [-0.39, 0.29) is 18.7 Å². The Morgan fingerprint density at radius 2 is 1.82 bits per heavy atom. The summed E-state index contributed by atoms with van der Waals surface area (Å²) in [7, 11) is 1.34. The first kappa shape index (κ1) is 19.9. The summed E-state index contributed by atoms with van der Waals surface area (Å²) >= 11 is 0. The predicted octanol–water partition coefficient (Wildman–Crippen LogP) is 4.54. The highest BCUT2D eigenvalue weighted by atomic mass is 19.4. The third kappa shape index (κ3) is 4.35. The zero-order valence-electron chi connectivity index (χ0n) is 14.7. The smallest absolute Gasteiger partial charge is 0.496 e. The van der Waals surface area contributed by atoms with E-state index in [9.17, 15) is 26.7 Å². The van der Waals surface area contributed by atoms with Crippen LogP contribution in [-0.4, -0.2) is 30.5 Å². The average molecular weight is 401 g/mol. The molecule has 1 heterocycles. The maximum absolute atomic E-state index is 14.1. The molecule has 4 nitrogen and oxygen atoms in total. The molecule has 1 aliphatic heterocycles. The van der Waals surface area contributed by atoms with Gasteiger partial charge >= 0.3 is 6.36 Å². The average Bonchev–Trinajstić information content (AvgIpc) is 2.90. The van der Waals surface area contributed by atoms with Gasteiger partial charge in [-0.05, 0) is 23.8 Å². The fourth-order valence-electron chi connectivity index (χ4n) is 3.19. The van der Waals surface area contributed by atoms with Gasteiger partial charge in [0.2, 0.25) is 0 Å². The number of carbonyl (C=O) groups excluding carboxylic acids is 1. The summed E-state index contributed by atoms with van der Waals surface area (Å²) in [6.45, 7) is -0.0310. The molecule has 2 aromatic rings. The zero-order valence-corrected chi connectivity index (χ0v) is 14.7. The fraction of sp³-hybridized carbons (Fsp3) is 0.316. The molecule has 0 aromatic heterocycles. The molecule has 2 unspecified atom stereocenters. The highest BCUT2D eigenvalue weighted by Crippen LogP contribution is 2.40. The van der Waals surface area contributed by atoms with E-state index in [1.165, 1.54) is 36.3 Å². The molecule has 28 heavy (non-hydrogen) atoms. The van der Waals surface area contributed by atoms with Crippen molar-refractivity contribution in [2.45, 2.75) is 31.5 Å². The number of carbonyl (C=O) groups is 1. The lowest BCUT2D eigenvalue weighted by Crippen LogP contribution is -2.29. The van der Waals surface area contributed by atoms with E-state index in [0.717, 1.165) is 18.2 Å². The number of rotatable bonds is 5. The number of likely N-dealkylation sites (tertiary alicyclic amines) is 1. The van der Waals surface area contributed by atoms with Gasteiger partial charge in [-0.1, -0.05) is 18.2 Å². The summed E-state index contributed by atoms with van der Waals surface area (Å²) in [5.74, 6) is -1.49. The fourth-order valence-corrected chi connectivity index (χ4v) is 3.19. The lowest BCUT2D eigenvalue weighted by molar-refractivity contribution is -0.274. The molecular weight excluding hydrogens is 385 g/mol. The molecule has 3 rings (SSSR count). The molecule has 1 fully saturated rings. The van der Waals surface area contributed by atoms with Crippen LogP contribution in [0.1, 0.15) is 23.6 Å². The van der Waals surface area contributed by atoms with Gasteiger partial charge in [0.05, 0.1) is 13.2 Å². The summed E-state index contributed by atoms with van der Waals surface area (Å²) in [5, 5.41) is 0. The van der Waals surface area contributed by atoms with Gasteiger partial charge < -0.3 is 14.4 Å². The molecule has 0 aliphatic carbocycles. The van der Waals surface area contributed by atoms with Crippen molar-refractivity contribution in [1.29, 1.82) is 0 Å². The Labute approximate surface area is 157 Å². The number of methoxy groups -OCH3 is 1. The molecule has 9 heteroatoms. The summed E-state index contributed by atoms with van der Waals surface area (Å²) in [6, 6.07) is 8.02. The van der Waals surface area contributed by atoms with Crippen molar-refractivity contribution >= 4 is 5.91 Å². The van der Waals surface area contributed by atoms with Crippen molar-refractivity contribution in [2.24, 2.45) is 0 Å². The van der Waals surface area contributed by atoms with E-state index < -0.39 is 36.0 Å². The van der Waals surface area contributed by atoms with Gasteiger partial charge in [0.25, 0.3) is 5.91 Å². The Balaban J connectivity index is 1.84. The van der Waals surface area contributed by atoms with Crippen molar-refractivity contribution < 1.29 is 36.2 Å². The van der Waals surface area contributed by atoms with Gasteiger partial charge in [-0.2, -0.15) is 0 Å². The minimum atomic E-state index is -4.81. The second-order valence-corrected chi connectivity index (χ2v) is 6.26. The number of amides is 1. The van der Waals surface area contributed by atoms with Crippen molar-refractivity contribution in [3.8, 4) is 11.5 Å². The highest BCUT2D eigenvalue weighted by molar-refractivity contribution is 5.84. The number of hydrogen-bond acceptors (Lipinski definition) is 3. The van der Waals surface area contributed by atoms with Gasteiger partial charge in [-0.25, -0.2) is 8.78 Å². The molecule has 2 aromatic carbocycles. The van der Waals surface area contributed by atoms with E-state index in [1.54, 1.807) is 0 Å². The SMILES string of the molecule is COc1cc(F)ccc1C1CC(F)C(=O)N1Cc1ccc(OC(F)(F)F)cc1. The summed E-state index contributed by atoms with van der Waals surface area (Å²) in [5.41, 5.74) is 0.942.